The van der Waals surface area contributed by atoms with Crippen LogP contribution in [-0.2, 0) is 13.1 Å². The molecule has 0 aliphatic carbocycles. The first-order valence-electron chi connectivity index (χ1n) is 4.99. The van der Waals surface area contributed by atoms with Crippen molar-refractivity contribution >= 4 is 11.3 Å². The zero-order valence-electron chi connectivity index (χ0n) is 9.03. The molecule has 15 heavy (non-hydrogen) atoms. The molecule has 0 fully saturated rings. The molecule has 4 heteroatoms. The van der Waals surface area contributed by atoms with Crippen LogP contribution in [0.1, 0.15) is 15.6 Å². The minimum atomic E-state index is 0.908. The van der Waals surface area contributed by atoms with Gasteiger partial charge >= 0.3 is 0 Å². The van der Waals surface area contributed by atoms with Crippen molar-refractivity contribution in [1.82, 2.24) is 14.9 Å². The first-order chi connectivity index (χ1) is 7.29. The predicted octanol–water partition coefficient (Wildman–Crippen LogP) is 2.02. The van der Waals surface area contributed by atoms with Crippen LogP contribution in [-0.4, -0.2) is 16.6 Å². The Bertz CT molecular complexity index is 430. The molecule has 0 saturated carbocycles. The molecule has 3 nitrogen and oxygen atoms in total. The maximum atomic E-state index is 4.26. The third kappa shape index (κ3) is 2.46. The maximum Gasteiger partial charge on any atom is 0.0897 e. The molecule has 0 aromatic carbocycles. The summed E-state index contributed by atoms with van der Waals surface area (Å²) in [5, 5.41) is 4.30. The largest absolute Gasteiger partial charge is 0.345 e. The molecular formula is C11H15N3S. The Labute approximate surface area is 93.8 Å². The van der Waals surface area contributed by atoms with Gasteiger partial charge in [-0.15, -0.1) is 11.3 Å². The Hall–Kier alpha value is -1.13. The van der Waals surface area contributed by atoms with E-state index in [1.165, 1.54) is 10.6 Å². The van der Waals surface area contributed by atoms with Crippen LogP contribution in [0, 0.1) is 6.92 Å². The standard InChI is InChI=1S/C11H15N3S/c1-9-13-7-11(15-9)8-14-5-3-4-10(14)6-12-2/h3-5,7,12H,6,8H2,1-2H3. The molecule has 0 radical (unpaired) electrons. The summed E-state index contributed by atoms with van der Waals surface area (Å²) >= 11 is 1.76. The van der Waals surface area contributed by atoms with Crippen molar-refractivity contribution in [1.29, 1.82) is 0 Å². The molecule has 80 valence electrons. The number of aromatic nitrogens is 2. The van der Waals surface area contributed by atoms with Gasteiger partial charge in [-0.2, -0.15) is 0 Å². The SMILES string of the molecule is CNCc1cccn1Cc1cnc(C)s1. The molecular weight excluding hydrogens is 206 g/mol. The minimum absolute atomic E-state index is 0.908. The van der Waals surface area contributed by atoms with Crippen molar-refractivity contribution in [3.05, 3.63) is 40.1 Å². The van der Waals surface area contributed by atoms with Gasteiger partial charge in [0.25, 0.3) is 0 Å². The van der Waals surface area contributed by atoms with Crippen LogP contribution >= 0.6 is 11.3 Å². The summed E-state index contributed by atoms with van der Waals surface area (Å²) < 4.78 is 2.25. The van der Waals surface area contributed by atoms with Crippen LogP contribution in [0.5, 0.6) is 0 Å². The average molecular weight is 221 g/mol. The van der Waals surface area contributed by atoms with E-state index in [4.69, 9.17) is 0 Å². The molecule has 2 rings (SSSR count). The molecule has 0 saturated heterocycles. The molecule has 0 amide bonds. The van der Waals surface area contributed by atoms with Crippen LogP contribution in [0.3, 0.4) is 0 Å². The molecule has 0 aliphatic rings. The van der Waals surface area contributed by atoms with E-state index < -0.39 is 0 Å². The van der Waals surface area contributed by atoms with Gasteiger partial charge in [0.1, 0.15) is 0 Å². The third-order valence-corrected chi connectivity index (χ3v) is 3.17. The van der Waals surface area contributed by atoms with Gasteiger partial charge in [-0.3, -0.25) is 0 Å². The van der Waals surface area contributed by atoms with Crippen molar-refractivity contribution in [3.8, 4) is 0 Å². The highest BCUT2D eigenvalue weighted by atomic mass is 32.1. The second kappa shape index (κ2) is 4.59. The van der Waals surface area contributed by atoms with Gasteiger partial charge < -0.3 is 9.88 Å². The zero-order valence-corrected chi connectivity index (χ0v) is 9.84. The van der Waals surface area contributed by atoms with Gasteiger partial charge in [0.15, 0.2) is 0 Å². The van der Waals surface area contributed by atoms with E-state index in [0.717, 1.165) is 18.1 Å². The van der Waals surface area contributed by atoms with E-state index in [9.17, 15) is 0 Å². The molecule has 0 spiro atoms. The number of thiazole rings is 1. The first kappa shape index (κ1) is 10.4. The lowest BCUT2D eigenvalue weighted by molar-refractivity contribution is 0.698. The number of hydrogen-bond donors (Lipinski definition) is 1. The van der Waals surface area contributed by atoms with Gasteiger partial charge in [-0.05, 0) is 26.1 Å². The molecule has 0 aliphatic heterocycles. The Morgan fingerprint density at radius 1 is 1.53 bits per heavy atom. The fourth-order valence-corrected chi connectivity index (χ4v) is 2.39. The molecule has 1 N–H and O–H groups in total. The van der Waals surface area contributed by atoms with E-state index in [0.29, 0.717) is 0 Å². The van der Waals surface area contributed by atoms with Crippen LogP contribution in [0.2, 0.25) is 0 Å². The van der Waals surface area contributed by atoms with Crippen molar-refractivity contribution in [2.45, 2.75) is 20.0 Å². The highest BCUT2D eigenvalue weighted by molar-refractivity contribution is 7.11. The second-order valence-electron chi connectivity index (χ2n) is 3.50. The quantitative estimate of drug-likeness (QED) is 0.856. The van der Waals surface area contributed by atoms with Gasteiger partial charge in [0, 0.05) is 29.5 Å². The van der Waals surface area contributed by atoms with Crippen molar-refractivity contribution in [2.75, 3.05) is 7.05 Å². The summed E-state index contributed by atoms with van der Waals surface area (Å²) in [6, 6.07) is 4.23. The fraction of sp³-hybridized carbons (Fsp3) is 0.364. The number of rotatable bonds is 4. The Kier molecular flexibility index (Phi) is 3.18. The predicted molar refractivity (Wildman–Crippen MR) is 63.1 cm³/mol. The summed E-state index contributed by atoms with van der Waals surface area (Å²) in [5.74, 6) is 0. The second-order valence-corrected chi connectivity index (χ2v) is 4.82. The lowest BCUT2D eigenvalue weighted by Crippen LogP contribution is -2.10. The lowest BCUT2D eigenvalue weighted by Gasteiger charge is -2.06. The highest BCUT2D eigenvalue weighted by Gasteiger charge is 2.02. The zero-order chi connectivity index (χ0) is 10.7. The Balaban J connectivity index is 2.13. The highest BCUT2D eigenvalue weighted by Crippen LogP contribution is 2.14. The molecule has 0 unspecified atom stereocenters. The van der Waals surface area contributed by atoms with Crippen LogP contribution in [0.4, 0.5) is 0 Å². The molecule has 0 atom stereocenters. The normalized spacial score (nSPS) is 10.8. The summed E-state index contributed by atoms with van der Waals surface area (Å²) in [5.41, 5.74) is 1.31. The van der Waals surface area contributed by atoms with Crippen LogP contribution in [0.25, 0.3) is 0 Å². The Morgan fingerprint density at radius 3 is 3.07 bits per heavy atom. The van der Waals surface area contributed by atoms with Crippen LogP contribution in [0.15, 0.2) is 24.5 Å². The number of nitrogens with zero attached hydrogens (tertiary/aromatic N) is 2. The summed E-state index contributed by atoms with van der Waals surface area (Å²) in [6.07, 6.45) is 4.07. The third-order valence-electron chi connectivity index (χ3n) is 2.28. The monoisotopic (exact) mass is 221 g/mol. The smallest absolute Gasteiger partial charge is 0.0897 e. The van der Waals surface area contributed by atoms with Gasteiger partial charge in [0.05, 0.1) is 11.6 Å². The number of aryl methyl sites for hydroxylation is 1. The fourth-order valence-electron chi connectivity index (χ4n) is 1.59. The first-order valence-corrected chi connectivity index (χ1v) is 5.81. The van der Waals surface area contributed by atoms with Gasteiger partial charge in [-0.1, -0.05) is 0 Å². The van der Waals surface area contributed by atoms with E-state index >= 15 is 0 Å². The van der Waals surface area contributed by atoms with E-state index in [1.54, 1.807) is 11.3 Å². The summed E-state index contributed by atoms with van der Waals surface area (Å²) in [6.45, 7) is 3.87. The van der Waals surface area contributed by atoms with Crippen molar-refractivity contribution in [2.24, 2.45) is 0 Å². The van der Waals surface area contributed by atoms with E-state index in [2.05, 4.69) is 33.2 Å². The van der Waals surface area contributed by atoms with Crippen LogP contribution < -0.4 is 5.32 Å². The van der Waals surface area contributed by atoms with Gasteiger partial charge in [-0.25, -0.2) is 4.98 Å². The Morgan fingerprint density at radius 2 is 2.40 bits per heavy atom. The van der Waals surface area contributed by atoms with Crippen molar-refractivity contribution in [3.63, 3.8) is 0 Å². The lowest BCUT2D eigenvalue weighted by atomic mass is 10.4. The number of hydrogen-bond acceptors (Lipinski definition) is 3. The molecule has 0 bridgehead atoms. The van der Waals surface area contributed by atoms with Crippen molar-refractivity contribution < 1.29 is 0 Å². The van der Waals surface area contributed by atoms with E-state index in [1.807, 2.05) is 20.2 Å². The summed E-state index contributed by atoms with van der Waals surface area (Å²) in [7, 11) is 1.97. The number of nitrogens with one attached hydrogen (secondary N) is 1. The topological polar surface area (TPSA) is 29.9 Å². The molecule has 2 heterocycles. The minimum Gasteiger partial charge on any atom is -0.345 e. The average Bonchev–Trinajstić information content (AvgIpc) is 2.78. The van der Waals surface area contributed by atoms with Gasteiger partial charge in [0.2, 0.25) is 0 Å². The van der Waals surface area contributed by atoms with E-state index in [-0.39, 0.29) is 0 Å². The summed E-state index contributed by atoms with van der Waals surface area (Å²) in [4.78, 5) is 5.57. The molecule has 2 aromatic heterocycles. The molecule has 2 aromatic rings. The maximum absolute atomic E-state index is 4.26.